The number of hydrogen-bond donors (Lipinski definition) is 1. The second kappa shape index (κ2) is 6.38. The van der Waals surface area contributed by atoms with Crippen LogP contribution in [0, 0.1) is 0 Å². The van der Waals surface area contributed by atoms with E-state index in [1.165, 1.54) is 5.56 Å². The molecule has 1 aromatic heterocycles. The van der Waals surface area contributed by atoms with E-state index in [9.17, 15) is 0 Å². The molecule has 0 fully saturated rings. The number of nitrogens with zero attached hydrogens (tertiary/aromatic N) is 1. The molecule has 2 aromatic rings. The van der Waals surface area contributed by atoms with E-state index in [4.69, 9.17) is 9.15 Å². The van der Waals surface area contributed by atoms with Crippen LogP contribution in [0.4, 0.5) is 0 Å². The first kappa shape index (κ1) is 13.6. The third-order valence-corrected chi connectivity index (χ3v) is 2.76. The summed E-state index contributed by atoms with van der Waals surface area (Å²) in [5, 5.41) is 3.28. The summed E-state index contributed by atoms with van der Waals surface area (Å²) in [5.74, 6) is 0.738. The lowest BCUT2D eigenvalue weighted by molar-refractivity contribution is 0.330. The van der Waals surface area contributed by atoms with Gasteiger partial charge in [-0.2, -0.15) is 4.98 Å². The molecule has 0 saturated carbocycles. The maximum Gasteiger partial charge on any atom is 0.399 e. The van der Waals surface area contributed by atoms with Gasteiger partial charge in [-0.25, -0.2) is 0 Å². The summed E-state index contributed by atoms with van der Waals surface area (Å²) in [5.41, 5.74) is 2.12. The molecule has 0 amide bonds. The lowest BCUT2D eigenvalue weighted by atomic mass is 10.2. The third kappa shape index (κ3) is 4.10. The molecule has 0 radical (unpaired) electrons. The lowest BCUT2D eigenvalue weighted by Crippen LogP contribution is -2.21. The highest BCUT2D eigenvalue weighted by Crippen LogP contribution is 2.21. The first-order valence-electron chi connectivity index (χ1n) is 6.62. The zero-order valence-electron chi connectivity index (χ0n) is 11.6. The van der Waals surface area contributed by atoms with E-state index in [2.05, 4.69) is 31.1 Å². The highest BCUT2D eigenvalue weighted by atomic mass is 16.6. The van der Waals surface area contributed by atoms with Crippen molar-refractivity contribution in [2.45, 2.75) is 39.8 Å². The van der Waals surface area contributed by atoms with Gasteiger partial charge < -0.3 is 14.5 Å². The molecule has 0 aliphatic heterocycles. The van der Waals surface area contributed by atoms with E-state index in [0.29, 0.717) is 12.6 Å². The normalized spacial score (nSPS) is 10.9. The van der Waals surface area contributed by atoms with E-state index in [1.807, 2.05) is 24.3 Å². The fraction of sp³-hybridized carbons (Fsp3) is 0.400. The number of benzene rings is 1. The molecule has 1 N–H and O–H groups in total. The van der Waals surface area contributed by atoms with Crippen LogP contribution in [0.1, 0.15) is 32.0 Å². The van der Waals surface area contributed by atoms with Gasteiger partial charge in [0.2, 0.25) is 0 Å². The molecule has 0 aliphatic carbocycles. The molecule has 0 aliphatic rings. The largest absolute Gasteiger partial charge is 0.417 e. The fourth-order valence-electron chi connectivity index (χ4n) is 1.62. The van der Waals surface area contributed by atoms with Crippen LogP contribution in [-0.2, 0) is 13.0 Å². The van der Waals surface area contributed by atoms with Crippen LogP contribution in [0.5, 0.6) is 11.8 Å². The number of hydrogen-bond acceptors (Lipinski definition) is 4. The van der Waals surface area contributed by atoms with Gasteiger partial charge in [-0.3, -0.25) is 0 Å². The monoisotopic (exact) mass is 260 g/mol. The highest BCUT2D eigenvalue weighted by Gasteiger charge is 2.06. The van der Waals surface area contributed by atoms with Gasteiger partial charge in [-0.15, -0.1) is 0 Å². The number of rotatable bonds is 6. The number of aromatic nitrogens is 1. The second-order valence-corrected chi connectivity index (χ2v) is 4.74. The molecule has 0 saturated heterocycles. The molecule has 4 heteroatoms. The number of nitrogens with one attached hydrogen (secondary N) is 1. The number of oxazole rings is 1. The van der Waals surface area contributed by atoms with Crippen LogP contribution in [-0.4, -0.2) is 11.0 Å². The Kier molecular flexibility index (Phi) is 4.58. The van der Waals surface area contributed by atoms with Gasteiger partial charge in [-0.05, 0) is 24.1 Å². The average molecular weight is 260 g/mol. The molecule has 2 rings (SSSR count). The summed E-state index contributed by atoms with van der Waals surface area (Å²) in [6.45, 7) is 6.98. The van der Waals surface area contributed by atoms with Crippen molar-refractivity contribution in [3.63, 3.8) is 0 Å². The minimum Gasteiger partial charge on any atom is -0.417 e. The Balaban J connectivity index is 1.95. The molecule has 0 unspecified atom stereocenters. The van der Waals surface area contributed by atoms with Crippen molar-refractivity contribution in [2.24, 2.45) is 0 Å². The van der Waals surface area contributed by atoms with E-state index in [-0.39, 0.29) is 6.08 Å². The molecule has 4 nitrogen and oxygen atoms in total. The molecule has 1 aromatic carbocycles. The predicted octanol–water partition coefficient (Wildman–Crippen LogP) is 3.53. The Morgan fingerprint density at radius 2 is 2.00 bits per heavy atom. The van der Waals surface area contributed by atoms with Gasteiger partial charge in [-0.1, -0.05) is 32.9 Å². The fourth-order valence-corrected chi connectivity index (χ4v) is 1.62. The average Bonchev–Trinajstić information content (AvgIpc) is 2.85. The Hall–Kier alpha value is -1.81. The van der Waals surface area contributed by atoms with Gasteiger partial charge in [0.05, 0.1) is 5.69 Å². The summed E-state index contributed by atoms with van der Waals surface area (Å²) in [6.07, 6.45) is 2.92. The number of ether oxygens (including phenoxy) is 1. The molecule has 0 spiro atoms. The maximum absolute atomic E-state index is 5.56. The minimum absolute atomic E-state index is 0.282. The Bertz CT molecular complexity index is 503. The topological polar surface area (TPSA) is 47.3 Å². The van der Waals surface area contributed by atoms with Crippen LogP contribution < -0.4 is 10.1 Å². The standard InChI is InChI=1S/C15H20N2O2/c1-4-12-5-7-14(8-6-12)19-15-17-13(10-18-15)9-16-11(2)3/h5-8,10-11,16H,4,9H2,1-3H3. The Labute approximate surface area is 113 Å². The zero-order valence-corrected chi connectivity index (χ0v) is 11.6. The molecular formula is C15H20N2O2. The summed E-state index contributed by atoms with van der Waals surface area (Å²) in [7, 11) is 0. The first-order chi connectivity index (χ1) is 9.17. The van der Waals surface area contributed by atoms with E-state index in [0.717, 1.165) is 17.9 Å². The van der Waals surface area contributed by atoms with Gasteiger partial charge in [0.15, 0.2) is 0 Å². The van der Waals surface area contributed by atoms with Crippen LogP contribution >= 0.6 is 0 Å². The summed E-state index contributed by atoms with van der Waals surface area (Å²) in [4.78, 5) is 4.27. The highest BCUT2D eigenvalue weighted by molar-refractivity contribution is 5.28. The van der Waals surface area contributed by atoms with Crippen molar-refractivity contribution in [2.75, 3.05) is 0 Å². The van der Waals surface area contributed by atoms with Crippen molar-refractivity contribution in [1.82, 2.24) is 10.3 Å². The smallest absolute Gasteiger partial charge is 0.399 e. The van der Waals surface area contributed by atoms with Crippen molar-refractivity contribution in [3.8, 4) is 11.8 Å². The maximum atomic E-state index is 5.56. The Morgan fingerprint density at radius 3 is 2.63 bits per heavy atom. The Morgan fingerprint density at radius 1 is 1.26 bits per heavy atom. The molecule has 1 heterocycles. The van der Waals surface area contributed by atoms with Gasteiger partial charge in [0, 0.05) is 12.6 Å². The molecule has 19 heavy (non-hydrogen) atoms. The minimum atomic E-state index is 0.282. The molecule has 0 atom stereocenters. The third-order valence-electron chi connectivity index (χ3n) is 2.76. The van der Waals surface area contributed by atoms with Crippen LogP contribution in [0.3, 0.4) is 0 Å². The number of aryl methyl sites for hydroxylation is 1. The van der Waals surface area contributed by atoms with Gasteiger partial charge in [0.1, 0.15) is 12.0 Å². The van der Waals surface area contributed by atoms with E-state index in [1.54, 1.807) is 6.26 Å². The quantitative estimate of drug-likeness (QED) is 0.863. The van der Waals surface area contributed by atoms with Crippen molar-refractivity contribution >= 4 is 0 Å². The van der Waals surface area contributed by atoms with Crippen molar-refractivity contribution in [3.05, 3.63) is 41.8 Å². The van der Waals surface area contributed by atoms with Crippen molar-refractivity contribution in [1.29, 1.82) is 0 Å². The zero-order chi connectivity index (χ0) is 13.7. The summed E-state index contributed by atoms with van der Waals surface area (Å²) >= 11 is 0. The second-order valence-electron chi connectivity index (χ2n) is 4.74. The summed E-state index contributed by atoms with van der Waals surface area (Å²) in [6, 6.07) is 8.35. The van der Waals surface area contributed by atoms with Crippen LogP contribution in [0.15, 0.2) is 34.9 Å². The van der Waals surface area contributed by atoms with Crippen LogP contribution in [0.25, 0.3) is 0 Å². The van der Waals surface area contributed by atoms with E-state index >= 15 is 0 Å². The SMILES string of the molecule is CCc1ccc(Oc2nc(CNC(C)C)co2)cc1. The molecule has 102 valence electrons. The van der Waals surface area contributed by atoms with Gasteiger partial charge >= 0.3 is 6.08 Å². The lowest BCUT2D eigenvalue weighted by Gasteiger charge is -2.04. The van der Waals surface area contributed by atoms with E-state index < -0.39 is 0 Å². The molecular weight excluding hydrogens is 240 g/mol. The predicted molar refractivity (Wildman–Crippen MR) is 74.4 cm³/mol. The van der Waals surface area contributed by atoms with Gasteiger partial charge in [0.25, 0.3) is 0 Å². The van der Waals surface area contributed by atoms with Crippen molar-refractivity contribution < 1.29 is 9.15 Å². The summed E-state index contributed by atoms with van der Waals surface area (Å²) < 4.78 is 10.8. The molecule has 0 bridgehead atoms. The van der Waals surface area contributed by atoms with Crippen LogP contribution in [0.2, 0.25) is 0 Å². The first-order valence-corrected chi connectivity index (χ1v) is 6.62.